The van der Waals surface area contributed by atoms with Crippen LogP contribution in [0, 0.1) is 23.2 Å². The lowest BCUT2D eigenvalue weighted by Gasteiger charge is -2.55. The first kappa shape index (κ1) is 16.2. The highest BCUT2D eigenvalue weighted by Gasteiger charge is 2.66. The van der Waals surface area contributed by atoms with E-state index in [2.05, 4.69) is 26.8 Å². The summed E-state index contributed by atoms with van der Waals surface area (Å²) in [7, 11) is 0. The fourth-order valence-corrected chi connectivity index (χ4v) is 7.82. The van der Waals surface area contributed by atoms with E-state index in [-0.39, 0.29) is 5.60 Å². The van der Waals surface area contributed by atoms with E-state index >= 15 is 0 Å². The van der Waals surface area contributed by atoms with Crippen molar-refractivity contribution < 1.29 is 9.84 Å². The minimum absolute atomic E-state index is 0.136. The number of fused-ring (bicyclic) bond motifs is 6. The van der Waals surface area contributed by atoms with Gasteiger partial charge in [-0.3, -0.25) is 0 Å². The van der Waals surface area contributed by atoms with Gasteiger partial charge < -0.3 is 9.84 Å². The smallest absolute Gasteiger partial charge is 0.115 e. The summed E-state index contributed by atoms with van der Waals surface area (Å²) in [5.41, 5.74) is 3.42. The summed E-state index contributed by atoms with van der Waals surface area (Å²) in [5, 5.41) is 9.85. The Balaban J connectivity index is 1.51. The van der Waals surface area contributed by atoms with Crippen LogP contribution < -0.4 is 0 Å². The lowest BCUT2D eigenvalue weighted by Crippen LogP contribution is -2.53. The number of benzene rings is 1. The van der Waals surface area contributed by atoms with Crippen LogP contribution in [0.1, 0.15) is 76.3 Å². The van der Waals surface area contributed by atoms with Crippen molar-refractivity contribution in [3.63, 3.8) is 0 Å². The fraction of sp³-hybridized carbons (Fsp3) is 0.739. The number of aromatic hydroxyl groups is 1. The Kier molecular flexibility index (Phi) is 3.40. The normalized spacial score (nSPS) is 48.2. The number of rotatable bonds is 0. The van der Waals surface area contributed by atoms with Crippen LogP contribution in [0.2, 0.25) is 0 Å². The molecule has 1 N–H and O–H groups in total. The van der Waals surface area contributed by atoms with Crippen LogP contribution in [0.15, 0.2) is 18.2 Å². The largest absolute Gasteiger partial charge is 0.508 e. The second kappa shape index (κ2) is 5.25. The maximum atomic E-state index is 9.85. The van der Waals surface area contributed by atoms with Crippen LogP contribution in [0.25, 0.3) is 0 Å². The highest BCUT2D eigenvalue weighted by Crippen LogP contribution is 2.68. The van der Waals surface area contributed by atoms with Crippen LogP contribution >= 0.6 is 0 Å². The number of phenols is 1. The Morgan fingerprint density at radius 2 is 1.96 bits per heavy atom. The minimum atomic E-state index is 0.136. The molecule has 4 aliphatic rings. The zero-order valence-electron chi connectivity index (χ0n) is 15.9. The first-order chi connectivity index (χ1) is 11.9. The molecule has 136 valence electrons. The number of hydrogen-bond donors (Lipinski definition) is 1. The van der Waals surface area contributed by atoms with E-state index in [4.69, 9.17) is 4.74 Å². The van der Waals surface area contributed by atoms with Gasteiger partial charge in [-0.25, -0.2) is 0 Å². The van der Waals surface area contributed by atoms with E-state index in [1.54, 1.807) is 0 Å². The molecule has 1 spiro atoms. The van der Waals surface area contributed by atoms with Gasteiger partial charge in [0.05, 0.1) is 11.7 Å². The number of ether oxygens (including phenoxy) is 1. The molecule has 1 aromatic carbocycles. The van der Waals surface area contributed by atoms with Crippen LogP contribution in [0.4, 0.5) is 0 Å². The van der Waals surface area contributed by atoms with E-state index in [1.807, 2.05) is 12.1 Å². The monoisotopic (exact) mass is 340 g/mol. The molecule has 5 rings (SSSR count). The molecule has 2 unspecified atom stereocenters. The maximum absolute atomic E-state index is 9.85. The minimum Gasteiger partial charge on any atom is -0.508 e. The van der Waals surface area contributed by atoms with Crippen molar-refractivity contribution in [1.82, 2.24) is 0 Å². The summed E-state index contributed by atoms with van der Waals surface area (Å²) in [4.78, 5) is 0. The maximum Gasteiger partial charge on any atom is 0.115 e. The van der Waals surface area contributed by atoms with Gasteiger partial charge in [0.2, 0.25) is 0 Å². The van der Waals surface area contributed by atoms with E-state index in [9.17, 15) is 5.11 Å². The number of hydrogen-bond acceptors (Lipinski definition) is 2. The Hall–Kier alpha value is -1.02. The van der Waals surface area contributed by atoms with Gasteiger partial charge in [0.15, 0.2) is 0 Å². The van der Waals surface area contributed by atoms with Crippen molar-refractivity contribution in [2.45, 2.75) is 83.3 Å². The fourth-order valence-electron chi connectivity index (χ4n) is 7.82. The summed E-state index contributed by atoms with van der Waals surface area (Å²) in [5.74, 6) is 3.44. The second-order valence-electron chi connectivity index (χ2n) is 9.75. The third-order valence-corrected chi connectivity index (χ3v) is 8.79. The van der Waals surface area contributed by atoms with Gasteiger partial charge in [-0.2, -0.15) is 0 Å². The summed E-state index contributed by atoms with van der Waals surface area (Å²) < 4.78 is 6.73. The van der Waals surface area contributed by atoms with Gasteiger partial charge in [0.1, 0.15) is 5.75 Å². The van der Waals surface area contributed by atoms with Gasteiger partial charge in [0.25, 0.3) is 0 Å². The first-order valence-electron chi connectivity index (χ1n) is 10.4. The Labute approximate surface area is 152 Å². The molecule has 25 heavy (non-hydrogen) atoms. The van der Waals surface area contributed by atoms with E-state index in [1.165, 1.54) is 49.7 Å². The summed E-state index contributed by atoms with van der Waals surface area (Å²) in [6, 6.07) is 6.12. The third kappa shape index (κ3) is 2.01. The topological polar surface area (TPSA) is 29.5 Å². The van der Waals surface area contributed by atoms with Gasteiger partial charge in [0, 0.05) is 0 Å². The lowest BCUT2D eigenvalue weighted by molar-refractivity contribution is -0.147. The zero-order valence-corrected chi connectivity index (χ0v) is 15.9. The molecule has 2 saturated carbocycles. The Bertz CT molecular complexity index is 697. The molecule has 0 amide bonds. The van der Waals surface area contributed by atoms with Crippen LogP contribution in [-0.4, -0.2) is 16.8 Å². The molecule has 0 aromatic heterocycles. The first-order valence-corrected chi connectivity index (χ1v) is 10.4. The summed E-state index contributed by atoms with van der Waals surface area (Å²) >= 11 is 0. The molecule has 0 bridgehead atoms. The highest BCUT2D eigenvalue weighted by atomic mass is 16.5. The molecule has 1 saturated heterocycles. The van der Waals surface area contributed by atoms with Crippen LogP contribution in [0.3, 0.4) is 0 Å². The van der Waals surface area contributed by atoms with Crippen molar-refractivity contribution in [2.75, 3.05) is 0 Å². The van der Waals surface area contributed by atoms with Gasteiger partial charge in [-0.15, -0.1) is 0 Å². The predicted octanol–water partition coefficient (Wildman–Crippen LogP) is 5.43. The van der Waals surface area contributed by atoms with Crippen molar-refractivity contribution >= 4 is 0 Å². The van der Waals surface area contributed by atoms with Crippen molar-refractivity contribution in [3.05, 3.63) is 29.3 Å². The molecule has 2 nitrogen and oxygen atoms in total. The standard InChI is InChI=1S/C23H32O2/c1-14-12-15(2)25-23(14)11-9-21-20-6-4-16-13-17(24)5-7-18(16)19(20)8-10-22(21,23)3/h5,7,13-15,19-21,24H,4,6,8-12H2,1-3H3/t14-,15?,19+,20+,21-,22-,23?/m0/s1. The van der Waals surface area contributed by atoms with Gasteiger partial charge in [-0.1, -0.05) is 19.9 Å². The van der Waals surface area contributed by atoms with Crippen LogP contribution in [-0.2, 0) is 11.2 Å². The van der Waals surface area contributed by atoms with Crippen molar-refractivity contribution in [3.8, 4) is 5.75 Å². The molecule has 1 aromatic rings. The molecule has 7 atom stereocenters. The van der Waals surface area contributed by atoms with E-state index < -0.39 is 0 Å². The third-order valence-electron chi connectivity index (χ3n) is 8.79. The van der Waals surface area contributed by atoms with Gasteiger partial charge >= 0.3 is 0 Å². The second-order valence-corrected chi connectivity index (χ2v) is 9.75. The Morgan fingerprint density at radius 1 is 1.12 bits per heavy atom. The Morgan fingerprint density at radius 3 is 2.72 bits per heavy atom. The van der Waals surface area contributed by atoms with Crippen molar-refractivity contribution in [1.29, 1.82) is 0 Å². The molecule has 2 heteroatoms. The van der Waals surface area contributed by atoms with E-state index in [0.717, 1.165) is 18.3 Å². The van der Waals surface area contributed by atoms with E-state index in [0.29, 0.717) is 29.1 Å². The zero-order chi connectivity index (χ0) is 17.4. The highest BCUT2D eigenvalue weighted by molar-refractivity contribution is 5.40. The molecular weight excluding hydrogens is 308 g/mol. The quantitative estimate of drug-likeness (QED) is 0.682. The molecule has 3 fully saturated rings. The molecule has 3 aliphatic carbocycles. The average Bonchev–Trinajstić information content (AvgIpc) is 3.04. The molecular formula is C23H32O2. The van der Waals surface area contributed by atoms with Crippen LogP contribution in [0.5, 0.6) is 5.75 Å². The summed E-state index contributed by atoms with van der Waals surface area (Å²) in [6.45, 7) is 7.29. The van der Waals surface area contributed by atoms with Crippen molar-refractivity contribution in [2.24, 2.45) is 23.2 Å². The SMILES string of the molecule is CC1C[C@H](C)C2(CC[C@H]3[C@@H]4CCc5cc(O)ccc5[C@H]4CC[C@@]32C)O1. The van der Waals surface area contributed by atoms with Gasteiger partial charge in [-0.05, 0) is 104 Å². The lowest BCUT2D eigenvalue weighted by atomic mass is 9.52. The molecule has 1 heterocycles. The number of aryl methyl sites for hydroxylation is 1. The molecule has 0 radical (unpaired) electrons. The number of phenolic OH excluding ortho intramolecular Hbond substituents is 1. The summed E-state index contributed by atoms with van der Waals surface area (Å²) in [6.07, 6.45) is 9.31. The molecule has 1 aliphatic heterocycles. The predicted molar refractivity (Wildman–Crippen MR) is 99.8 cm³/mol. The average molecular weight is 341 g/mol.